The molecule has 4 nitrogen and oxygen atoms in total. The van der Waals surface area contributed by atoms with Gasteiger partial charge >= 0.3 is 0 Å². The first-order valence-electron chi connectivity index (χ1n) is 6.20. The molecule has 2 unspecified atom stereocenters. The van der Waals surface area contributed by atoms with Crippen molar-refractivity contribution in [3.8, 4) is 0 Å². The van der Waals surface area contributed by atoms with E-state index in [0.29, 0.717) is 12.1 Å². The number of nitrogens with one attached hydrogen (secondary N) is 2. The zero-order valence-electron chi connectivity index (χ0n) is 10.2. The lowest BCUT2D eigenvalue weighted by atomic mass is 10.0. The number of piperidine rings is 1. The molecule has 2 rings (SSSR count). The van der Waals surface area contributed by atoms with E-state index < -0.39 is 0 Å². The molecule has 2 atom stereocenters. The highest BCUT2D eigenvalue weighted by molar-refractivity contribution is 4.94. The zero-order chi connectivity index (χ0) is 11.4. The lowest BCUT2D eigenvalue weighted by Gasteiger charge is -2.33. The molecule has 1 aliphatic heterocycles. The Labute approximate surface area is 97.4 Å². The molecular formula is C12H22N4. The van der Waals surface area contributed by atoms with Crippen molar-refractivity contribution >= 4 is 0 Å². The van der Waals surface area contributed by atoms with Crippen LogP contribution in [0.2, 0.25) is 0 Å². The van der Waals surface area contributed by atoms with E-state index in [0.717, 1.165) is 12.4 Å². The summed E-state index contributed by atoms with van der Waals surface area (Å²) in [5.41, 5.74) is 0. The van der Waals surface area contributed by atoms with E-state index in [9.17, 15) is 0 Å². The standard InChI is InChI=1S/C12H22N4/c1-10(12-13-6-7-14-12)15-9-11-5-3-4-8-16(11)2/h6-7,10-11,15H,3-5,8-9H2,1-2H3,(H,13,14). The number of likely N-dealkylation sites (N-methyl/N-ethyl adjacent to an activating group) is 1. The van der Waals surface area contributed by atoms with Crippen LogP contribution < -0.4 is 5.32 Å². The van der Waals surface area contributed by atoms with Crippen molar-refractivity contribution in [3.63, 3.8) is 0 Å². The highest BCUT2D eigenvalue weighted by Gasteiger charge is 2.19. The first-order chi connectivity index (χ1) is 7.77. The number of rotatable bonds is 4. The highest BCUT2D eigenvalue weighted by Crippen LogP contribution is 2.15. The zero-order valence-corrected chi connectivity index (χ0v) is 10.2. The fourth-order valence-electron chi connectivity index (χ4n) is 2.33. The van der Waals surface area contributed by atoms with Crippen LogP contribution in [-0.4, -0.2) is 41.0 Å². The van der Waals surface area contributed by atoms with Crippen molar-refractivity contribution in [1.29, 1.82) is 0 Å². The molecule has 0 bridgehead atoms. The maximum absolute atomic E-state index is 4.27. The van der Waals surface area contributed by atoms with Gasteiger partial charge in [0.05, 0.1) is 6.04 Å². The van der Waals surface area contributed by atoms with Gasteiger partial charge in [0.2, 0.25) is 0 Å². The molecule has 1 saturated heterocycles. The maximum atomic E-state index is 4.27. The van der Waals surface area contributed by atoms with Crippen molar-refractivity contribution in [2.45, 2.75) is 38.3 Å². The Bertz CT molecular complexity index is 296. The molecule has 2 heterocycles. The summed E-state index contributed by atoms with van der Waals surface area (Å²) < 4.78 is 0. The smallest absolute Gasteiger partial charge is 0.122 e. The minimum absolute atomic E-state index is 0.310. The highest BCUT2D eigenvalue weighted by atomic mass is 15.2. The molecule has 0 spiro atoms. The first-order valence-corrected chi connectivity index (χ1v) is 6.20. The van der Waals surface area contributed by atoms with Gasteiger partial charge in [0.15, 0.2) is 0 Å². The maximum Gasteiger partial charge on any atom is 0.122 e. The predicted molar refractivity (Wildman–Crippen MR) is 65.3 cm³/mol. The SMILES string of the molecule is CC(NCC1CCCCN1C)c1ncc[nH]1. The van der Waals surface area contributed by atoms with E-state index in [1.165, 1.54) is 25.8 Å². The van der Waals surface area contributed by atoms with Gasteiger partial charge in [-0.1, -0.05) is 6.42 Å². The van der Waals surface area contributed by atoms with Crippen LogP contribution in [0.25, 0.3) is 0 Å². The molecule has 16 heavy (non-hydrogen) atoms. The van der Waals surface area contributed by atoms with Crippen LogP contribution in [0.15, 0.2) is 12.4 Å². The fraction of sp³-hybridized carbons (Fsp3) is 0.750. The van der Waals surface area contributed by atoms with Gasteiger partial charge < -0.3 is 15.2 Å². The molecular weight excluding hydrogens is 200 g/mol. The normalized spacial score (nSPS) is 24.5. The minimum atomic E-state index is 0.310. The van der Waals surface area contributed by atoms with Gasteiger partial charge in [0.1, 0.15) is 5.82 Å². The van der Waals surface area contributed by atoms with Crippen LogP contribution in [0.4, 0.5) is 0 Å². The monoisotopic (exact) mass is 222 g/mol. The summed E-state index contributed by atoms with van der Waals surface area (Å²) in [5.74, 6) is 1.03. The topological polar surface area (TPSA) is 44.0 Å². The third kappa shape index (κ3) is 2.83. The van der Waals surface area contributed by atoms with Crippen molar-refractivity contribution in [2.75, 3.05) is 20.1 Å². The Morgan fingerprint density at radius 1 is 1.62 bits per heavy atom. The predicted octanol–water partition coefficient (Wildman–Crippen LogP) is 1.54. The quantitative estimate of drug-likeness (QED) is 0.812. The Morgan fingerprint density at radius 3 is 3.19 bits per heavy atom. The van der Waals surface area contributed by atoms with Gasteiger partial charge in [-0.3, -0.25) is 0 Å². The molecule has 1 aliphatic rings. The number of H-pyrrole nitrogens is 1. The number of aromatic nitrogens is 2. The number of imidazole rings is 1. The lowest BCUT2D eigenvalue weighted by molar-refractivity contribution is 0.178. The first kappa shape index (κ1) is 11.6. The fourth-order valence-corrected chi connectivity index (χ4v) is 2.33. The number of hydrogen-bond acceptors (Lipinski definition) is 3. The third-order valence-electron chi connectivity index (χ3n) is 3.51. The lowest BCUT2D eigenvalue weighted by Crippen LogP contribution is -2.43. The largest absolute Gasteiger partial charge is 0.347 e. The molecule has 0 aliphatic carbocycles. The molecule has 4 heteroatoms. The number of hydrogen-bond donors (Lipinski definition) is 2. The summed E-state index contributed by atoms with van der Waals surface area (Å²) >= 11 is 0. The van der Waals surface area contributed by atoms with Gasteiger partial charge in [0.25, 0.3) is 0 Å². The van der Waals surface area contributed by atoms with Crippen LogP contribution in [0, 0.1) is 0 Å². The van der Waals surface area contributed by atoms with E-state index in [1.54, 1.807) is 6.20 Å². The van der Waals surface area contributed by atoms with Gasteiger partial charge in [-0.15, -0.1) is 0 Å². The van der Waals surface area contributed by atoms with Crippen molar-refractivity contribution in [1.82, 2.24) is 20.2 Å². The Balaban J connectivity index is 1.78. The summed E-state index contributed by atoms with van der Waals surface area (Å²) in [6.45, 7) is 4.45. The number of likely N-dealkylation sites (tertiary alicyclic amines) is 1. The summed E-state index contributed by atoms with van der Waals surface area (Å²) in [7, 11) is 2.23. The van der Waals surface area contributed by atoms with Crippen LogP contribution in [0.5, 0.6) is 0 Å². The molecule has 1 aromatic heterocycles. The van der Waals surface area contributed by atoms with Crippen molar-refractivity contribution < 1.29 is 0 Å². The molecule has 0 aromatic carbocycles. The average molecular weight is 222 g/mol. The second-order valence-corrected chi connectivity index (χ2v) is 4.73. The van der Waals surface area contributed by atoms with Gasteiger partial charge in [-0.2, -0.15) is 0 Å². The van der Waals surface area contributed by atoms with Crippen LogP contribution >= 0.6 is 0 Å². The number of nitrogens with zero attached hydrogens (tertiary/aromatic N) is 2. The number of aromatic amines is 1. The van der Waals surface area contributed by atoms with E-state index in [4.69, 9.17) is 0 Å². The molecule has 0 radical (unpaired) electrons. The molecule has 1 aromatic rings. The van der Waals surface area contributed by atoms with Crippen LogP contribution in [-0.2, 0) is 0 Å². The summed E-state index contributed by atoms with van der Waals surface area (Å²) in [4.78, 5) is 9.88. The minimum Gasteiger partial charge on any atom is -0.347 e. The van der Waals surface area contributed by atoms with E-state index in [-0.39, 0.29) is 0 Å². The molecule has 2 N–H and O–H groups in total. The third-order valence-corrected chi connectivity index (χ3v) is 3.51. The summed E-state index contributed by atoms with van der Waals surface area (Å²) in [6.07, 6.45) is 7.71. The Morgan fingerprint density at radius 2 is 2.50 bits per heavy atom. The van der Waals surface area contributed by atoms with Gasteiger partial charge in [-0.05, 0) is 33.4 Å². The average Bonchev–Trinajstić information content (AvgIpc) is 2.81. The van der Waals surface area contributed by atoms with Crippen LogP contribution in [0.3, 0.4) is 0 Å². The van der Waals surface area contributed by atoms with E-state index in [1.807, 2.05) is 6.20 Å². The summed E-state index contributed by atoms with van der Waals surface area (Å²) in [5, 5.41) is 3.55. The van der Waals surface area contributed by atoms with Crippen molar-refractivity contribution in [2.24, 2.45) is 0 Å². The molecule has 0 amide bonds. The summed E-state index contributed by atoms with van der Waals surface area (Å²) in [6, 6.07) is 0.997. The second-order valence-electron chi connectivity index (χ2n) is 4.73. The molecule has 1 fully saturated rings. The van der Waals surface area contributed by atoms with Gasteiger partial charge in [-0.25, -0.2) is 4.98 Å². The van der Waals surface area contributed by atoms with Crippen molar-refractivity contribution in [3.05, 3.63) is 18.2 Å². The van der Waals surface area contributed by atoms with E-state index >= 15 is 0 Å². The second kappa shape index (κ2) is 5.46. The molecule has 90 valence electrons. The van der Waals surface area contributed by atoms with Crippen LogP contribution in [0.1, 0.15) is 38.1 Å². The van der Waals surface area contributed by atoms with E-state index in [2.05, 4.69) is 34.2 Å². The Kier molecular flexibility index (Phi) is 3.96. The Hall–Kier alpha value is -0.870. The molecule has 0 saturated carbocycles. The van der Waals surface area contributed by atoms with Gasteiger partial charge in [0, 0.05) is 25.0 Å².